The van der Waals surface area contributed by atoms with Crippen molar-refractivity contribution in [2.24, 2.45) is 10.8 Å². The molecule has 4 aromatic heterocycles. The molecule has 0 spiro atoms. The van der Waals surface area contributed by atoms with E-state index in [0.29, 0.717) is 115 Å². The number of carbonyl (C=O) groups excluding carboxylic acids is 2. The molecular formula is C54H62Cl2F2N8O5. The Balaban J connectivity index is 0.000000209. The number of benzene rings is 2. The summed E-state index contributed by atoms with van der Waals surface area (Å²) in [5.41, 5.74) is 2.15. The quantitative estimate of drug-likeness (QED) is 0.144. The third kappa shape index (κ3) is 12.2. The second kappa shape index (κ2) is 20.8. The first-order chi connectivity index (χ1) is 33.3. The predicted octanol–water partition coefficient (Wildman–Crippen LogP) is 10.7. The standard InChI is InChI=1S/C28H34ClFN4O3.C26H28ClFN4O2/c1-27(2,3)17-34-23(35)16-22(32-11-13-33(14-12-32)26(36)37-28(4,5)6)19-15-20(29)24(31-25(19)34)18-9-7-8-10-21(18)30;1-5-22(33)31-12-10-30(11-13-31)21-15-23(34)32(16-26(2,3)4)25-18(21)14-19(27)24(29-25)17-8-6-7-9-20(17)28/h7-10,15-16H,11-14,17H2,1-6H3;5-9,14-15H,1,10-13,16H2,2-4H3. The van der Waals surface area contributed by atoms with Gasteiger partial charge in [-0.1, -0.05) is 95.6 Å². The molecule has 0 bridgehead atoms. The minimum Gasteiger partial charge on any atom is -0.444 e. The number of ether oxygens (including phenoxy) is 1. The van der Waals surface area contributed by atoms with E-state index in [1.807, 2.05) is 62.3 Å². The molecule has 13 nitrogen and oxygen atoms in total. The van der Waals surface area contributed by atoms with Gasteiger partial charge in [0.1, 0.15) is 28.5 Å². The van der Waals surface area contributed by atoms with Gasteiger partial charge in [-0.2, -0.15) is 0 Å². The van der Waals surface area contributed by atoms with Crippen molar-refractivity contribution in [3.8, 4) is 22.5 Å². The average Bonchev–Trinajstić information content (AvgIpc) is 3.30. The van der Waals surface area contributed by atoms with E-state index in [0.717, 1.165) is 5.39 Å². The van der Waals surface area contributed by atoms with Crippen LogP contribution in [-0.4, -0.2) is 98.9 Å². The van der Waals surface area contributed by atoms with Crippen molar-refractivity contribution in [3.63, 3.8) is 0 Å². The molecular weight excluding hydrogens is 950 g/mol. The molecule has 0 aliphatic carbocycles. The van der Waals surface area contributed by atoms with Crippen LogP contribution >= 0.6 is 23.2 Å². The van der Waals surface area contributed by atoms with Crippen molar-refractivity contribution in [3.05, 3.63) is 128 Å². The monoisotopic (exact) mass is 1010 g/mol. The van der Waals surface area contributed by atoms with Crippen molar-refractivity contribution in [2.75, 3.05) is 62.2 Å². The van der Waals surface area contributed by atoms with Crippen molar-refractivity contribution in [1.82, 2.24) is 28.9 Å². The number of fused-ring (bicyclic) bond motifs is 2. The Labute approximate surface area is 423 Å². The summed E-state index contributed by atoms with van der Waals surface area (Å²) < 4.78 is 38.0. The van der Waals surface area contributed by atoms with E-state index in [1.165, 1.54) is 18.2 Å². The maximum atomic E-state index is 14.7. The SMILES string of the molecule is C=CC(=O)N1CCN(c2cc(=O)n(CC(C)(C)C)c3nc(-c4ccccc4F)c(Cl)cc23)CC1.CC(C)(C)Cn1c(=O)cc(N2CCN(C(=O)OC(C)(C)C)CC2)c2cc(Cl)c(-c3ccccc3F)nc21. The third-order valence-corrected chi connectivity index (χ3v) is 12.5. The molecule has 0 unspecified atom stereocenters. The van der Waals surface area contributed by atoms with Gasteiger partial charge in [-0.05, 0) is 74.1 Å². The highest BCUT2D eigenvalue weighted by molar-refractivity contribution is 6.34. The number of nitrogens with zero attached hydrogens (tertiary/aromatic N) is 8. The van der Waals surface area contributed by atoms with Crippen LogP contribution in [0.5, 0.6) is 0 Å². The maximum absolute atomic E-state index is 14.7. The van der Waals surface area contributed by atoms with Crippen LogP contribution in [0.3, 0.4) is 0 Å². The zero-order valence-corrected chi connectivity index (χ0v) is 43.4. The fourth-order valence-electron chi connectivity index (χ4n) is 8.72. The van der Waals surface area contributed by atoms with Gasteiger partial charge in [-0.3, -0.25) is 23.5 Å². The van der Waals surface area contributed by atoms with Gasteiger partial charge in [0.15, 0.2) is 0 Å². The van der Waals surface area contributed by atoms with E-state index >= 15 is 0 Å². The molecule has 71 heavy (non-hydrogen) atoms. The summed E-state index contributed by atoms with van der Waals surface area (Å²) in [6.07, 6.45) is 0.962. The fraction of sp³-hybridized carbons (Fsp3) is 0.407. The van der Waals surface area contributed by atoms with Gasteiger partial charge in [0.2, 0.25) is 5.91 Å². The second-order valence-corrected chi connectivity index (χ2v) is 22.2. The largest absolute Gasteiger partial charge is 0.444 e. The molecule has 0 N–H and O–H groups in total. The number of rotatable bonds is 7. The summed E-state index contributed by atoms with van der Waals surface area (Å²) in [5, 5.41) is 2.03. The van der Waals surface area contributed by atoms with Crippen molar-refractivity contribution in [2.45, 2.75) is 81.0 Å². The van der Waals surface area contributed by atoms with E-state index in [9.17, 15) is 28.0 Å². The molecule has 6 aromatic rings. The molecule has 2 aliphatic heterocycles. The van der Waals surface area contributed by atoms with Crippen molar-refractivity contribution >= 4 is 68.6 Å². The molecule has 376 valence electrons. The highest BCUT2D eigenvalue weighted by Gasteiger charge is 2.30. The highest BCUT2D eigenvalue weighted by Crippen LogP contribution is 2.37. The summed E-state index contributed by atoms with van der Waals surface area (Å²) in [5.74, 6) is -0.972. The molecule has 17 heteroatoms. The minimum absolute atomic E-state index is 0.107. The van der Waals surface area contributed by atoms with Crippen LogP contribution in [0.1, 0.15) is 62.3 Å². The lowest BCUT2D eigenvalue weighted by atomic mass is 9.96. The number of halogens is 4. The molecule has 2 amide bonds. The van der Waals surface area contributed by atoms with Gasteiger partial charge in [0.05, 0.1) is 32.8 Å². The zero-order chi connectivity index (χ0) is 51.7. The zero-order valence-electron chi connectivity index (χ0n) is 41.9. The lowest BCUT2D eigenvalue weighted by Crippen LogP contribution is -2.50. The van der Waals surface area contributed by atoms with E-state index in [-0.39, 0.29) is 45.1 Å². The van der Waals surface area contributed by atoms with Crippen LogP contribution < -0.4 is 20.9 Å². The van der Waals surface area contributed by atoms with Gasteiger partial charge < -0.3 is 24.3 Å². The van der Waals surface area contributed by atoms with E-state index < -0.39 is 17.2 Å². The third-order valence-electron chi connectivity index (χ3n) is 11.9. The summed E-state index contributed by atoms with van der Waals surface area (Å²) in [4.78, 5) is 68.3. The molecule has 2 fully saturated rings. The van der Waals surface area contributed by atoms with Gasteiger partial charge in [-0.25, -0.2) is 23.5 Å². The Hall–Kier alpha value is -6.32. The first-order valence-electron chi connectivity index (χ1n) is 23.7. The molecule has 2 aromatic carbocycles. The fourth-order valence-corrected chi connectivity index (χ4v) is 9.22. The maximum Gasteiger partial charge on any atom is 0.410 e. The van der Waals surface area contributed by atoms with Crippen LogP contribution in [0.4, 0.5) is 25.0 Å². The predicted molar refractivity (Wildman–Crippen MR) is 281 cm³/mol. The first-order valence-corrected chi connectivity index (χ1v) is 24.5. The number of hydrogen-bond acceptors (Lipinski definition) is 9. The Kier molecular flexibility index (Phi) is 15.4. The minimum atomic E-state index is -0.569. The molecule has 2 aliphatic rings. The first kappa shape index (κ1) is 52.5. The number of hydrogen-bond donors (Lipinski definition) is 0. The molecule has 0 atom stereocenters. The lowest BCUT2D eigenvalue weighted by Gasteiger charge is -2.37. The number of carbonyl (C=O) groups is 2. The van der Waals surface area contributed by atoms with Crippen molar-refractivity contribution in [1.29, 1.82) is 0 Å². The lowest BCUT2D eigenvalue weighted by molar-refractivity contribution is -0.126. The number of piperazine rings is 2. The Bertz CT molecular complexity index is 3120. The smallest absolute Gasteiger partial charge is 0.410 e. The van der Waals surface area contributed by atoms with Gasteiger partial charge in [0, 0.05) is 99.5 Å². The number of pyridine rings is 4. The summed E-state index contributed by atoms with van der Waals surface area (Å²) >= 11 is 13.3. The van der Waals surface area contributed by atoms with Crippen LogP contribution in [0.25, 0.3) is 44.6 Å². The van der Waals surface area contributed by atoms with Crippen LogP contribution in [0.2, 0.25) is 10.0 Å². The molecule has 0 radical (unpaired) electrons. The van der Waals surface area contributed by atoms with E-state index in [4.69, 9.17) is 37.9 Å². The molecule has 6 heterocycles. The van der Waals surface area contributed by atoms with Gasteiger partial charge >= 0.3 is 6.09 Å². The topological polar surface area (TPSA) is 126 Å². The summed E-state index contributed by atoms with van der Waals surface area (Å²) in [6.45, 7) is 26.3. The van der Waals surface area contributed by atoms with Crippen LogP contribution in [0, 0.1) is 22.5 Å². The Morgan fingerprint density at radius 1 is 0.620 bits per heavy atom. The number of anilines is 2. The normalized spacial score (nSPS) is 14.7. The average molecular weight is 1010 g/mol. The van der Waals surface area contributed by atoms with Crippen LogP contribution in [0.15, 0.2) is 95.0 Å². The van der Waals surface area contributed by atoms with E-state index in [1.54, 1.807) is 79.6 Å². The summed E-state index contributed by atoms with van der Waals surface area (Å²) in [6, 6.07) is 19.4. The Morgan fingerprint density at radius 3 is 1.35 bits per heavy atom. The molecule has 0 saturated carbocycles. The van der Waals surface area contributed by atoms with E-state index in [2.05, 4.69) is 16.4 Å². The highest BCUT2D eigenvalue weighted by atomic mass is 35.5. The van der Waals surface area contributed by atoms with Gasteiger partial charge in [-0.15, -0.1) is 0 Å². The second-order valence-electron chi connectivity index (χ2n) is 21.3. The Morgan fingerprint density at radius 2 is 1.00 bits per heavy atom. The number of amides is 2. The molecule has 8 rings (SSSR count). The summed E-state index contributed by atoms with van der Waals surface area (Å²) in [7, 11) is 0. The van der Waals surface area contributed by atoms with Crippen molar-refractivity contribution < 1.29 is 23.1 Å². The molecule has 2 saturated heterocycles. The number of aromatic nitrogens is 4. The van der Waals surface area contributed by atoms with Crippen LogP contribution in [-0.2, 0) is 22.6 Å². The van der Waals surface area contributed by atoms with Gasteiger partial charge in [0.25, 0.3) is 11.1 Å².